The molecule has 10 nitrogen and oxygen atoms in total. The molecule has 0 unspecified atom stereocenters. The Bertz CT molecular complexity index is 967. The fraction of sp³-hybridized carbons (Fsp3) is 0.200. The van der Waals surface area contributed by atoms with E-state index in [2.05, 4.69) is 36.0 Å². The summed E-state index contributed by atoms with van der Waals surface area (Å²) in [5, 5.41) is 2.21. The zero-order valence-electron chi connectivity index (χ0n) is 14.2. The smallest absolute Gasteiger partial charge is 0.339 e. The van der Waals surface area contributed by atoms with E-state index in [1.54, 1.807) is 4.72 Å². The molecule has 0 aliphatic carbocycles. The molecule has 0 saturated heterocycles. The molecule has 2 N–H and O–H groups in total. The molecule has 2 amide bonds. The summed E-state index contributed by atoms with van der Waals surface area (Å²) in [6, 6.07) is 4.23. The summed E-state index contributed by atoms with van der Waals surface area (Å²) in [6.07, 6.45) is 1.39. The quantitative estimate of drug-likeness (QED) is 0.623. The first-order valence-corrected chi connectivity index (χ1v) is 9.57. The lowest BCUT2D eigenvalue weighted by molar-refractivity contribution is 0.0596. The highest BCUT2D eigenvalue weighted by Gasteiger charge is 2.25. The van der Waals surface area contributed by atoms with Crippen molar-refractivity contribution in [1.82, 2.24) is 14.7 Å². The first-order chi connectivity index (χ1) is 12.8. The van der Waals surface area contributed by atoms with E-state index in [4.69, 9.17) is 4.74 Å². The number of nitrogens with zero attached hydrogens (tertiary/aromatic N) is 2. The third kappa shape index (κ3) is 5.21. The molecule has 1 heterocycles. The second-order valence-electron chi connectivity index (χ2n) is 4.97. The van der Waals surface area contributed by atoms with Crippen LogP contribution in [-0.2, 0) is 26.1 Å². The molecule has 0 aliphatic rings. The van der Waals surface area contributed by atoms with Crippen LogP contribution < -0.4 is 10.0 Å². The molecule has 0 spiro atoms. The van der Waals surface area contributed by atoms with Crippen molar-refractivity contribution in [3.8, 4) is 0 Å². The number of carbonyl (C=O) groups is 2. The summed E-state index contributed by atoms with van der Waals surface area (Å²) in [7, 11) is -1.75. The average molecular weight is 459 g/mol. The topological polar surface area (TPSA) is 137 Å². The van der Waals surface area contributed by atoms with Crippen LogP contribution >= 0.6 is 15.9 Å². The van der Waals surface area contributed by atoms with Gasteiger partial charge in [-0.2, -0.15) is 0 Å². The predicted molar refractivity (Wildman–Crippen MR) is 97.6 cm³/mol. The molecule has 0 radical (unpaired) electrons. The zero-order chi connectivity index (χ0) is 20.0. The van der Waals surface area contributed by atoms with Crippen molar-refractivity contribution in [2.24, 2.45) is 0 Å². The van der Waals surface area contributed by atoms with Crippen LogP contribution in [0.2, 0.25) is 0 Å². The lowest BCUT2D eigenvalue weighted by atomic mass is 10.2. The van der Waals surface area contributed by atoms with E-state index in [0.29, 0.717) is 10.2 Å². The number of sulfonamides is 1. The summed E-state index contributed by atoms with van der Waals surface area (Å²) in [5.41, 5.74) is 0.254. The normalized spacial score (nSPS) is 10.9. The number of carbonyl (C=O) groups excluding carboxylic acids is 2. The number of anilines is 1. The fourth-order valence-electron chi connectivity index (χ4n) is 1.98. The average Bonchev–Trinajstić information content (AvgIpc) is 2.63. The number of nitrogens with one attached hydrogen (secondary N) is 2. The number of urea groups is 1. The maximum absolute atomic E-state index is 12.4. The molecule has 0 bridgehead atoms. The second kappa shape index (κ2) is 8.88. The van der Waals surface area contributed by atoms with Crippen molar-refractivity contribution in [2.45, 2.75) is 11.5 Å². The predicted octanol–water partition coefficient (Wildman–Crippen LogP) is 1.68. The van der Waals surface area contributed by atoms with Gasteiger partial charge < -0.3 is 9.47 Å². The van der Waals surface area contributed by atoms with Gasteiger partial charge in [0.05, 0.1) is 29.4 Å². The van der Waals surface area contributed by atoms with Gasteiger partial charge in [0.2, 0.25) is 5.95 Å². The van der Waals surface area contributed by atoms with Gasteiger partial charge in [-0.3, -0.25) is 5.32 Å². The first kappa shape index (κ1) is 20.7. The van der Waals surface area contributed by atoms with Crippen molar-refractivity contribution in [2.75, 3.05) is 19.5 Å². The summed E-state index contributed by atoms with van der Waals surface area (Å²) < 4.78 is 36.8. The summed E-state index contributed by atoms with van der Waals surface area (Å²) >= 11 is 3.23. The molecule has 12 heteroatoms. The van der Waals surface area contributed by atoms with E-state index < -0.39 is 26.9 Å². The molecule has 0 saturated carbocycles. The number of methoxy groups -OCH3 is 2. The number of benzene rings is 1. The Labute approximate surface area is 163 Å². The SMILES string of the molecule is COCc1nc(NC(=O)NS(=O)(=O)c2ccccc2C(=O)OC)ncc1Br. The summed E-state index contributed by atoms with van der Waals surface area (Å²) in [5.74, 6) is -0.976. The van der Waals surface area contributed by atoms with Gasteiger partial charge >= 0.3 is 12.0 Å². The van der Waals surface area contributed by atoms with E-state index in [-0.39, 0.29) is 18.1 Å². The minimum absolute atomic E-state index is 0.126. The number of hydrogen-bond acceptors (Lipinski definition) is 8. The molecule has 1 aromatic heterocycles. The maximum atomic E-state index is 12.4. The van der Waals surface area contributed by atoms with E-state index in [1.165, 1.54) is 37.6 Å². The Hall–Kier alpha value is -2.57. The Kier molecular flexibility index (Phi) is 6.82. The maximum Gasteiger partial charge on any atom is 0.339 e. The van der Waals surface area contributed by atoms with Crippen molar-refractivity contribution in [3.63, 3.8) is 0 Å². The van der Waals surface area contributed by atoms with Crippen LogP contribution in [0.15, 0.2) is 39.8 Å². The number of hydrogen-bond donors (Lipinski definition) is 2. The van der Waals surface area contributed by atoms with E-state index >= 15 is 0 Å². The van der Waals surface area contributed by atoms with Crippen LogP contribution in [0.25, 0.3) is 0 Å². The Morgan fingerprint density at radius 2 is 1.93 bits per heavy atom. The molecule has 0 atom stereocenters. The number of ether oxygens (including phenoxy) is 2. The Balaban J connectivity index is 2.21. The van der Waals surface area contributed by atoms with Crippen LogP contribution in [0.4, 0.5) is 10.7 Å². The largest absolute Gasteiger partial charge is 0.465 e. The summed E-state index contributed by atoms with van der Waals surface area (Å²) in [6.45, 7) is 0.157. The van der Waals surface area contributed by atoms with Crippen molar-refractivity contribution in [3.05, 3.63) is 46.2 Å². The van der Waals surface area contributed by atoms with Crippen molar-refractivity contribution < 1.29 is 27.5 Å². The number of esters is 1. The van der Waals surface area contributed by atoms with Gasteiger partial charge in [-0.15, -0.1) is 0 Å². The number of amides is 2. The number of halogens is 1. The van der Waals surface area contributed by atoms with Gasteiger partial charge in [0, 0.05) is 13.3 Å². The molecule has 2 aromatic rings. The lowest BCUT2D eigenvalue weighted by Crippen LogP contribution is -2.35. The van der Waals surface area contributed by atoms with Gasteiger partial charge in [-0.25, -0.2) is 32.7 Å². The monoisotopic (exact) mass is 458 g/mol. The molecule has 0 fully saturated rings. The minimum atomic E-state index is -4.35. The molecule has 144 valence electrons. The standard InChI is InChI=1S/C15H15BrN4O6S/c1-25-8-11-10(16)7-17-14(18-11)19-15(22)20-27(23,24)12-6-4-3-5-9(12)13(21)26-2/h3-7H,8H2,1-2H3,(H2,17,18,19,20,22). The van der Waals surface area contributed by atoms with Gasteiger partial charge in [0.15, 0.2) is 0 Å². The van der Waals surface area contributed by atoms with Crippen LogP contribution in [0, 0.1) is 0 Å². The lowest BCUT2D eigenvalue weighted by Gasteiger charge is -2.11. The van der Waals surface area contributed by atoms with E-state index in [1.807, 2.05) is 0 Å². The molecular weight excluding hydrogens is 444 g/mol. The molecule has 2 rings (SSSR count). The van der Waals surface area contributed by atoms with Crippen LogP contribution in [0.5, 0.6) is 0 Å². The highest BCUT2D eigenvalue weighted by atomic mass is 79.9. The van der Waals surface area contributed by atoms with Gasteiger partial charge in [0.25, 0.3) is 10.0 Å². The van der Waals surface area contributed by atoms with E-state index in [9.17, 15) is 18.0 Å². The number of aromatic nitrogens is 2. The zero-order valence-corrected chi connectivity index (χ0v) is 16.6. The van der Waals surface area contributed by atoms with Gasteiger partial charge in [0.1, 0.15) is 4.90 Å². The fourth-order valence-corrected chi connectivity index (χ4v) is 3.39. The Morgan fingerprint density at radius 1 is 1.22 bits per heavy atom. The third-order valence-corrected chi connectivity index (χ3v) is 5.18. The van der Waals surface area contributed by atoms with Gasteiger partial charge in [-0.1, -0.05) is 12.1 Å². The van der Waals surface area contributed by atoms with Crippen molar-refractivity contribution >= 4 is 43.9 Å². The van der Waals surface area contributed by atoms with Gasteiger partial charge in [-0.05, 0) is 28.1 Å². The van der Waals surface area contributed by atoms with Crippen LogP contribution in [-0.4, -0.2) is 44.6 Å². The highest BCUT2D eigenvalue weighted by Crippen LogP contribution is 2.17. The van der Waals surface area contributed by atoms with Crippen LogP contribution in [0.1, 0.15) is 16.1 Å². The van der Waals surface area contributed by atoms with Crippen LogP contribution in [0.3, 0.4) is 0 Å². The third-order valence-electron chi connectivity index (χ3n) is 3.13. The second-order valence-corrected chi connectivity index (χ2v) is 7.47. The molecule has 1 aromatic carbocycles. The van der Waals surface area contributed by atoms with Crippen molar-refractivity contribution in [1.29, 1.82) is 0 Å². The minimum Gasteiger partial charge on any atom is -0.465 e. The molecule has 0 aliphatic heterocycles. The molecule has 27 heavy (non-hydrogen) atoms. The molecular formula is C15H15BrN4O6S. The summed E-state index contributed by atoms with van der Waals surface area (Å²) in [4.78, 5) is 31.3. The Morgan fingerprint density at radius 3 is 2.59 bits per heavy atom. The van der Waals surface area contributed by atoms with E-state index in [0.717, 1.165) is 7.11 Å². The highest BCUT2D eigenvalue weighted by molar-refractivity contribution is 9.10. The first-order valence-electron chi connectivity index (χ1n) is 7.30. The number of rotatable bonds is 6.